The summed E-state index contributed by atoms with van der Waals surface area (Å²) in [5.74, 6) is 0. The maximum atomic E-state index is 9.37. The van der Waals surface area contributed by atoms with Crippen LogP contribution in [0.2, 0.25) is 0 Å². The van der Waals surface area contributed by atoms with E-state index in [1.807, 2.05) is 71.2 Å². The van der Waals surface area contributed by atoms with Crippen molar-refractivity contribution in [3.05, 3.63) is 147 Å². The number of rotatable bonds is 6. The fraction of sp³-hybridized carbons (Fsp3) is 0.0800. The van der Waals surface area contributed by atoms with E-state index >= 15 is 0 Å². The molecule has 3 aromatic carbocycles. The van der Waals surface area contributed by atoms with Crippen molar-refractivity contribution < 1.29 is 0 Å². The van der Waals surface area contributed by atoms with Gasteiger partial charge in [-0.25, -0.2) is 0 Å². The summed E-state index contributed by atoms with van der Waals surface area (Å²) < 4.78 is 5.93. The van der Waals surface area contributed by atoms with E-state index in [2.05, 4.69) is 113 Å². The van der Waals surface area contributed by atoms with Gasteiger partial charge in [0.25, 0.3) is 0 Å². The molecular weight excluding hydrogens is 849 g/mol. The summed E-state index contributed by atoms with van der Waals surface area (Å²) in [5.41, 5.74) is 10.4. The van der Waals surface area contributed by atoms with Crippen LogP contribution in [0.5, 0.6) is 0 Å². The van der Waals surface area contributed by atoms with Crippen LogP contribution in [0.3, 0.4) is 0 Å². The zero-order valence-electron chi connectivity index (χ0n) is 32.6. The van der Waals surface area contributed by atoms with Crippen LogP contribution in [0, 0.1) is 73.0 Å². The first kappa shape index (κ1) is 39.3. The normalized spacial score (nSPS) is 11.8. The molecule has 4 nitrogen and oxygen atoms in total. The third kappa shape index (κ3) is 7.05. The molecule has 0 aliphatic rings. The van der Waals surface area contributed by atoms with Crippen LogP contribution in [0.1, 0.15) is 32.0 Å². The Labute approximate surface area is 370 Å². The van der Waals surface area contributed by atoms with E-state index in [4.69, 9.17) is 0 Å². The van der Waals surface area contributed by atoms with Gasteiger partial charge in [0.15, 0.2) is 0 Å². The van der Waals surface area contributed by atoms with Gasteiger partial charge in [0.2, 0.25) is 0 Å². The zero-order valence-corrected chi connectivity index (χ0v) is 37.5. The predicted octanol–water partition coefficient (Wildman–Crippen LogP) is 12.3. The first-order valence-electron chi connectivity index (χ1n) is 18.8. The molecule has 0 aliphatic carbocycles. The minimum atomic E-state index is 0.138. The van der Waals surface area contributed by atoms with Gasteiger partial charge in [0.05, 0.1) is 9.06 Å². The summed E-state index contributed by atoms with van der Waals surface area (Å²) in [6.45, 7) is 8.88. The number of nitriles is 4. The van der Waals surface area contributed by atoms with Crippen molar-refractivity contribution in [2.45, 2.75) is 27.7 Å². The number of benzene rings is 3. The number of hydrogen-bond acceptors (Lipinski definition) is 10. The highest BCUT2D eigenvalue weighted by molar-refractivity contribution is 7.29. The van der Waals surface area contributed by atoms with Gasteiger partial charge in [-0.1, -0.05) is 36.4 Å². The van der Waals surface area contributed by atoms with Gasteiger partial charge in [0.1, 0.15) is 35.4 Å². The molecule has 0 bridgehead atoms. The Kier molecular flexibility index (Phi) is 10.6. The van der Waals surface area contributed by atoms with Crippen molar-refractivity contribution >= 4 is 111 Å². The SMILES string of the molecule is Cc1cccc(C)c1-c1c2cc(-c3ccc(/C=c4\ccc(=C(C#N)C#N)s4)s3)sc2c(-c2c(C)cccc2C)c2sc(-c3ccc(/C=c4\ccc(=C(C#N)C#N)s4)s3)cc12. The highest BCUT2D eigenvalue weighted by Gasteiger charge is 2.26. The Bertz CT molecular complexity index is 3290. The molecule has 0 atom stereocenters. The van der Waals surface area contributed by atoms with Crippen molar-refractivity contribution in [3.8, 4) is 66.0 Å². The molecule has 0 spiro atoms. The molecule has 9 rings (SSSR count). The van der Waals surface area contributed by atoms with Crippen LogP contribution < -0.4 is 18.1 Å². The highest BCUT2D eigenvalue weighted by atomic mass is 32.1. The van der Waals surface area contributed by atoms with E-state index < -0.39 is 0 Å². The molecule has 0 N–H and O–H groups in total. The van der Waals surface area contributed by atoms with Crippen molar-refractivity contribution in [3.63, 3.8) is 0 Å². The lowest BCUT2D eigenvalue weighted by molar-refractivity contribution is 1.39. The van der Waals surface area contributed by atoms with E-state index in [-0.39, 0.29) is 11.1 Å². The first-order valence-corrected chi connectivity index (χ1v) is 23.7. The third-order valence-electron chi connectivity index (χ3n) is 10.4. The van der Waals surface area contributed by atoms with Crippen LogP contribution in [-0.2, 0) is 0 Å². The molecule has 0 aliphatic heterocycles. The second-order valence-electron chi connectivity index (χ2n) is 14.3. The van der Waals surface area contributed by atoms with Gasteiger partial charge >= 0.3 is 0 Å². The molecule has 6 aromatic heterocycles. The summed E-state index contributed by atoms with van der Waals surface area (Å²) in [6.07, 6.45) is 4.26. The van der Waals surface area contributed by atoms with E-state index in [0.29, 0.717) is 9.06 Å². The fourth-order valence-corrected chi connectivity index (χ4v) is 14.3. The second kappa shape index (κ2) is 16.1. The number of aryl methyl sites for hydroxylation is 4. The maximum absolute atomic E-state index is 9.37. The van der Waals surface area contributed by atoms with Crippen molar-refractivity contribution in [2.24, 2.45) is 0 Å². The predicted molar refractivity (Wildman–Crippen MR) is 257 cm³/mol. The minimum Gasteiger partial charge on any atom is -0.192 e. The lowest BCUT2D eigenvalue weighted by atomic mass is 9.87. The number of thiophene rings is 6. The number of nitrogens with zero attached hydrogens (tertiary/aromatic N) is 4. The fourth-order valence-electron chi connectivity index (χ4n) is 7.74. The van der Waals surface area contributed by atoms with Crippen molar-refractivity contribution in [1.29, 1.82) is 21.0 Å². The smallest absolute Gasteiger partial charge is 0.146 e. The largest absolute Gasteiger partial charge is 0.192 e. The third-order valence-corrected chi connectivity index (χ3v) is 17.3. The standard InChI is InChI=1S/C50H30N4S6/c1-27-7-5-8-28(2)45(27)47-37-21-43(41-17-13-35(57-41)19-33-11-15-39(55-33)31(23-51)24-52)59-49(37)48(46-29(3)9-6-10-30(46)4)50-38(47)22-44(60-50)42-18-14-36(58-42)20-34-12-16-40(56-34)32(25-53)26-54/h5-22H,1-4H3/b33-19+,34-20+. The Balaban J connectivity index is 1.27. The summed E-state index contributed by atoms with van der Waals surface area (Å²) in [5, 5.41) is 40.0. The molecule has 6 heterocycles. The summed E-state index contributed by atoms with van der Waals surface area (Å²) in [7, 11) is 0. The van der Waals surface area contributed by atoms with E-state index in [1.54, 1.807) is 22.7 Å². The van der Waals surface area contributed by atoms with Crippen LogP contribution in [0.4, 0.5) is 0 Å². The molecule has 0 radical (unpaired) electrons. The molecule has 10 heteroatoms. The summed E-state index contributed by atoms with van der Waals surface area (Å²) in [4.78, 5) is 7.04. The second-order valence-corrected chi connectivity index (χ2v) is 20.9. The van der Waals surface area contributed by atoms with Crippen LogP contribution in [0.15, 0.2) is 97.1 Å². The average Bonchev–Trinajstić information content (AvgIpc) is 4.10. The van der Waals surface area contributed by atoms with Gasteiger partial charge in [0, 0.05) is 64.1 Å². The lowest BCUT2D eigenvalue weighted by Crippen LogP contribution is -1.96. The first-order chi connectivity index (χ1) is 29.2. The van der Waals surface area contributed by atoms with E-state index in [0.717, 1.165) is 18.8 Å². The van der Waals surface area contributed by atoms with Gasteiger partial charge in [-0.05, 0) is 139 Å². The minimum absolute atomic E-state index is 0.138. The zero-order chi connectivity index (χ0) is 41.7. The molecule has 0 saturated heterocycles. The van der Waals surface area contributed by atoms with Gasteiger partial charge < -0.3 is 0 Å². The summed E-state index contributed by atoms with van der Waals surface area (Å²) >= 11 is 10.1. The molecule has 60 heavy (non-hydrogen) atoms. The van der Waals surface area contributed by atoms with Crippen molar-refractivity contribution in [1.82, 2.24) is 0 Å². The Morgan fingerprint density at radius 2 is 0.817 bits per heavy atom. The van der Waals surface area contributed by atoms with Gasteiger partial charge in [-0.2, -0.15) is 21.0 Å². The molecular formula is C50H30N4S6. The number of fused-ring (bicyclic) bond motifs is 2. The van der Waals surface area contributed by atoms with E-state index in [1.165, 1.54) is 107 Å². The van der Waals surface area contributed by atoms with Gasteiger partial charge in [-0.15, -0.1) is 68.0 Å². The molecule has 0 fully saturated rings. The Morgan fingerprint density at radius 1 is 0.417 bits per heavy atom. The average molecular weight is 879 g/mol. The van der Waals surface area contributed by atoms with Gasteiger partial charge in [-0.3, -0.25) is 0 Å². The van der Waals surface area contributed by atoms with Crippen LogP contribution in [-0.4, -0.2) is 0 Å². The van der Waals surface area contributed by atoms with Crippen molar-refractivity contribution in [2.75, 3.05) is 0 Å². The lowest BCUT2D eigenvalue weighted by Gasteiger charge is -2.18. The maximum Gasteiger partial charge on any atom is 0.146 e. The summed E-state index contributed by atoms with van der Waals surface area (Å²) in [6, 6.07) is 42.4. The topological polar surface area (TPSA) is 95.2 Å². The molecule has 0 amide bonds. The molecule has 286 valence electrons. The van der Waals surface area contributed by atoms with Crippen LogP contribution in [0.25, 0.3) is 85.2 Å². The molecule has 9 aromatic rings. The molecule has 0 saturated carbocycles. The molecule has 0 unspecified atom stereocenters. The Morgan fingerprint density at radius 3 is 1.22 bits per heavy atom. The van der Waals surface area contributed by atoms with E-state index in [9.17, 15) is 21.0 Å². The number of hydrogen-bond donors (Lipinski definition) is 0. The monoisotopic (exact) mass is 878 g/mol. The quantitative estimate of drug-likeness (QED) is 0.166. The van der Waals surface area contributed by atoms with Crippen LogP contribution >= 0.6 is 68.0 Å². The highest BCUT2D eigenvalue weighted by Crippen LogP contribution is 2.54. The Hall–Kier alpha value is -6.18.